The lowest BCUT2D eigenvalue weighted by molar-refractivity contribution is 0.505. The molecule has 0 amide bonds. The van der Waals surface area contributed by atoms with Gasteiger partial charge in [-0.25, -0.2) is 13.8 Å². The number of aryl methyl sites for hydroxylation is 2. The van der Waals surface area contributed by atoms with Crippen LogP contribution in [0.25, 0.3) is 22.2 Å². The first-order valence-electron chi connectivity index (χ1n) is 6.38. The van der Waals surface area contributed by atoms with Crippen molar-refractivity contribution >= 4 is 10.9 Å². The topological polar surface area (TPSA) is 12.9 Å². The van der Waals surface area contributed by atoms with Gasteiger partial charge in [-0.3, -0.25) is 0 Å². The smallest absolute Gasteiger partial charge is 0.168 e. The molecule has 1 nitrogen and oxygen atoms in total. The summed E-state index contributed by atoms with van der Waals surface area (Å²) in [5, 5.41) is 0.988. The van der Waals surface area contributed by atoms with Crippen molar-refractivity contribution in [3.05, 3.63) is 65.2 Å². The Kier molecular flexibility index (Phi) is 2.97. The molecule has 0 bridgehead atoms. The van der Waals surface area contributed by atoms with E-state index in [0.29, 0.717) is 11.3 Å². The van der Waals surface area contributed by atoms with Crippen LogP contribution >= 0.6 is 0 Å². The third kappa shape index (κ3) is 2.05. The van der Waals surface area contributed by atoms with Gasteiger partial charge in [0.05, 0.1) is 11.2 Å². The molecule has 0 aliphatic carbocycles. The van der Waals surface area contributed by atoms with Crippen LogP contribution in [0.1, 0.15) is 11.1 Å². The van der Waals surface area contributed by atoms with Crippen molar-refractivity contribution in [2.75, 3.05) is 0 Å². The Morgan fingerprint density at radius 2 is 1.65 bits per heavy atom. The van der Waals surface area contributed by atoms with Gasteiger partial charge in [-0.15, -0.1) is 0 Å². The second kappa shape index (κ2) is 4.67. The molecule has 3 rings (SSSR count). The Hall–Kier alpha value is -2.29. The Balaban J connectivity index is 2.20. The van der Waals surface area contributed by atoms with Crippen molar-refractivity contribution in [3.8, 4) is 11.3 Å². The molecule has 1 aromatic heterocycles. The van der Waals surface area contributed by atoms with Crippen molar-refractivity contribution in [2.45, 2.75) is 13.8 Å². The summed E-state index contributed by atoms with van der Waals surface area (Å²) in [6, 6.07) is 12.6. The molecule has 0 aliphatic heterocycles. The van der Waals surface area contributed by atoms with Crippen LogP contribution in [0.2, 0.25) is 0 Å². The third-order valence-corrected chi connectivity index (χ3v) is 3.40. The monoisotopic (exact) mass is 269 g/mol. The molecule has 0 fully saturated rings. The molecular weight excluding hydrogens is 256 g/mol. The van der Waals surface area contributed by atoms with Gasteiger partial charge in [0.2, 0.25) is 0 Å². The molecule has 20 heavy (non-hydrogen) atoms. The Bertz CT molecular complexity index is 809. The summed E-state index contributed by atoms with van der Waals surface area (Å²) < 4.78 is 27.6. The van der Waals surface area contributed by atoms with Crippen molar-refractivity contribution in [3.63, 3.8) is 0 Å². The second-order valence-corrected chi connectivity index (χ2v) is 4.95. The largest absolute Gasteiger partial charge is 0.248 e. The average molecular weight is 269 g/mol. The highest BCUT2D eigenvalue weighted by Gasteiger charge is 2.13. The fourth-order valence-electron chi connectivity index (χ4n) is 2.24. The van der Waals surface area contributed by atoms with Crippen LogP contribution in [0, 0.1) is 25.5 Å². The lowest BCUT2D eigenvalue weighted by Crippen LogP contribution is -1.95. The highest BCUT2D eigenvalue weighted by Crippen LogP contribution is 2.26. The minimum Gasteiger partial charge on any atom is -0.248 e. The lowest BCUT2D eigenvalue weighted by Gasteiger charge is -2.07. The van der Waals surface area contributed by atoms with Gasteiger partial charge in [-0.05, 0) is 43.7 Å². The summed E-state index contributed by atoms with van der Waals surface area (Å²) in [7, 11) is 0. The standard InChI is InChI=1S/C17H13F2N/c1-10-3-7-14-12(9-10)5-8-15(20-14)13-6-4-11(2)16(18)17(13)19/h3-9H,1-2H3. The molecule has 2 aromatic carbocycles. The third-order valence-electron chi connectivity index (χ3n) is 3.40. The molecule has 3 aromatic rings. The van der Waals surface area contributed by atoms with Crippen LogP contribution in [-0.2, 0) is 0 Å². The zero-order chi connectivity index (χ0) is 14.3. The number of pyridine rings is 1. The Morgan fingerprint density at radius 1 is 0.850 bits per heavy atom. The number of halogens is 2. The van der Waals surface area contributed by atoms with E-state index in [2.05, 4.69) is 4.98 Å². The number of nitrogens with zero attached hydrogens (tertiary/aromatic N) is 1. The average Bonchev–Trinajstić information content (AvgIpc) is 2.44. The number of rotatable bonds is 1. The van der Waals surface area contributed by atoms with Crippen molar-refractivity contribution in [1.82, 2.24) is 4.98 Å². The molecule has 3 heteroatoms. The fourth-order valence-corrected chi connectivity index (χ4v) is 2.24. The van der Waals surface area contributed by atoms with Crippen LogP contribution in [0.4, 0.5) is 8.78 Å². The van der Waals surface area contributed by atoms with E-state index in [9.17, 15) is 8.78 Å². The van der Waals surface area contributed by atoms with E-state index in [0.717, 1.165) is 16.5 Å². The molecule has 1 heterocycles. The van der Waals surface area contributed by atoms with E-state index >= 15 is 0 Å². The highest BCUT2D eigenvalue weighted by molar-refractivity contribution is 5.82. The van der Waals surface area contributed by atoms with Gasteiger partial charge in [-0.2, -0.15) is 0 Å². The van der Waals surface area contributed by atoms with Crippen LogP contribution in [0.15, 0.2) is 42.5 Å². The number of benzene rings is 2. The fraction of sp³-hybridized carbons (Fsp3) is 0.118. The van der Waals surface area contributed by atoms with Gasteiger partial charge in [0.1, 0.15) is 0 Å². The highest BCUT2D eigenvalue weighted by atomic mass is 19.2. The number of hydrogen-bond donors (Lipinski definition) is 0. The molecule has 0 spiro atoms. The van der Waals surface area contributed by atoms with Crippen LogP contribution in [-0.4, -0.2) is 4.98 Å². The van der Waals surface area contributed by atoms with Crippen LogP contribution in [0.3, 0.4) is 0 Å². The first-order valence-corrected chi connectivity index (χ1v) is 6.38. The summed E-state index contributed by atoms with van der Waals surface area (Å²) >= 11 is 0. The van der Waals surface area contributed by atoms with Crippen molar-refractivity contribution in [1.29, 1.82) is 0 Å². The van der Waals surface area contributed by atoms with Gasteiger partial charge in [0.15, 0.2) is 11.6 Å². The SMILES string of the molecule is Cc1ccc2nc(-c3ccc(C)c(F)c3F)ccc2c1. The molecule has 0 saturated carbocycles. The van der Waals surface area contributed by atoms with Gasteiger partial charge in [0.25, 0.3) is 0 Å². The predicted molar refractivity (Wildman–Crippen MR) is 76.6 cm³/mol. The van der Waals surface area contributed by atoms with E-state index in [1.807, 2.05) is 31.2 Å². The maximum Gasteiger partial charge on any atom is 0.168 e. The first-order chi connectivity index (χ1) is 9.56. The normalized spacial score (nSPS) is 11.0. The van der Waals surface area contributed by atoms with E-state index in [1.165, 1.54) is 0 Å². The molecule has 0 N–H and O–H groups in total. The molecule has 0 unspecified atom stereocenters. The van der Waals surface area contributed by atoms with E-state index < -0.39 is 11.6 Å². The Morgan fingerprint density at radius 3 is 2.45 bits per heavy atom. The van der Waals surface area contributed by atoms with Gasteiger partial charge in [0, 0.05) is 10.9 Å². The summed E-state index contributed by atoms with van der Waals surface area (Å²) in [4.78, 5) is 4.41. The van der Waals surface area contributed by atoms with Crippen LogP contribution < -0.4 is 0 Å². The van der Waals surface area contributed by atoms with E-state index in [1.54, 1.807) is 25.1 Å². The van der Waals surface area contributed by atoms with Gasteiger partial charge >= 0.3 is 0 Å². The van der Waals surface area contributed by atoms with Crippen molar-refractivity contribution < 1.29 is 8.78 Å². The van der Waals surface area contributed by atoms with Gasteiger partial charge < -0.3 is 0 Å². The Labute approximate surface area is 115 Å². The van der Waals surface area contributed by atoms with Crippen molar-refractivity contribution in [2.24, 2.45) is 0 Å². The summed E-state index contributed by atoms with van der Waals surface area (Å²) in [5.41, 5.74) is 2.84. The quantitative estimate of drug-likeness (QED) is 0.618. The number of hydrogen-bond acceptors (Lipinski definition) is 1. The molecular formula is C17H13F2N. The molecule has 100 valence electrons. The summed E-state index contributed by atoms with van der Waals surface area (Å²) in [6.07, 6.45) is 0. The molecule has 0 atom stereocenters. The maximum absolute atomic E-state index is 14.0. The second-order valence-electron chi connectivity index (χ2n) is 4.95. The summed E-state index contributed by atoms with van der Waals surface area (Å²) in [6.45, 7) is 3.54. The van der Waals surface area contributed by atoms with Gasteiger partial charge in [-0.1, -0.05) is 23.8 Å². The molecule has 0 saturated heterocycles. The van der Waals surface area contributed by atoms with Crippen LogP contribution in [0.5, 0.6) is 0 Å². The van der Waals surface area contributed by atoms with E-state index in [4.69, 9.17) is 0 Å². The minimum atomic E-state index is -0.844. The summed E-state index contributed by atoms with van der Waals surface area (Å²) in [5.74, 6) is -1.66. The lowest BCUT2D eigenvalue weighted by atomic mass is 10.1. The molecule has 0 radical (unpaired) electrons. The number of fused-ring (bicyclic) bond motifs is 1. The minimum absolute atomic E-state index is 0.190. The molecule has 0 aliphatic rings. The maximum atomic E-state index is 14.0. The zero-order valence-corrected chi connectivity index (χ0v) is 11.2. The zero-order valence-electron chi connectivity index (χ0n) is 11.2. The first kappa shape index (κ1) is 12.7. The van der Waals surface area contributed by atoms with E-state index in [-0.39, 0.29) is 5.56 Å². The number of aromatic nitrogens is 1. The predicted octanol–water partition coefficient (Wildman–Crippen LogP) is 4.80.